The molecule has 0 spiro atoms. The molecule has 1 aromatic carbocycles. The van der Waals surface area contributed by atoms with Gasteiger partial charge in [-0.25, -0.2) is 0 Å². The van der Waals surface area contributed by atoms with E-state index in [0.717, 1.165) is 6.42 Å². The summed E-state index contributed by atoms with van der Waals surface area (Å²) in [7, 11) is 0. The van der Waals surface area contributed by atoms with Crippen LogP contribution in [-0.2, 0) is 11.2 Å². The molecule has 0 bridgehead atoms. The van der Waals surface area contributed by atoms with E-state index in [9.17, 15) is 4.79 Å². The highest BCUT2D eigenvalue weighted by Gasteiger charge is 2.30. The van der Waals surface area contributed by atoms with E-state index in [1.54, 1.807) is 0 Å². The second kappa shape index (κ2) is 3.56. The first-order valence-corrected chi connectivity index (χ1v) is 5.29. The summed E-state index contributed by atoms with van der Waals surface area (Å²) in [6, 6.07) is 8.23. The lowest BCUT2D eigenvalue weighted by Gasteiger charge is -2.12. The number of ketones is 1. The fourth-order valence-electron chi connectivity index (χ4n) is 2.25. The molecule has 0 saturated carbocycles. The molecule has 0 saturated heterocycles. The Morgan fingerprint density at radius 1 is 1.36 bits per heavy atom. The number of fused-ring (bicyclic) bond motifs is 1. The van der Waals surface area contributed by atoms with Crippen molar-refractivity contribution in [1.82, 2.24) is 0 Å². The third kappa shape index (κ3) is 1.59. The van der Waals surface area contributed by atoms with Gasteiger partial charge >= 0.3 is 0 Å². The Bertz CT molecular complexity index is 352. The molecular formula is C13H16O. The number of hydrogen-bond acceptors (Lipinski definition) is 1. The topological polar surface area (TPSA) is 17.1 Å². The third-order valence-electron chi connectivity index (χ3n) is 2.89. The maximum Gasteiger partial charge on any atom is 0.144 e. The van der Waals surface area contributed by atoms with Crippen LogP contribution in [0.3, 0.4) is 0 Å². The fraction of sp³-hybridized carbons (Fsp3) is 0.462. The summed E-state index contributed by atoms with van der Waals surface area (Å²) in [6.07, 6.45) is 1.64. The molecule has 1 heteroatoms. The lowest BCUT2D eigenvalue weighted by atomic mass is 9.91. The third-order valence-corrected chi connectivity index (χ3v) is 2.89. The molecule has 1 unspecified atom stereocenters. The Morgan fingerprint density at radius 3 is 2.79 bits per heavy atom. The van der Waals surface area contributed by atoms with Gasteiger partial charge in [0, 0.05) is 12.3 Å². The molecule has 0 aliphatic heterocycles. The Balaban J connectivity index is 2.30. The van der Waals surface area contributed by atoms with Gasteiger partial charge in [-0.15, -0.1) is 0 Å². The van der Waals surface area contributed by atoms with Gasteiger partial charge < -0.3 is 0 Å². The quantitative estimate of drug-likeness (QED) is 0.697. The van der Waals surface area contributed by atoms with Crippen LogP contribution < -0.4 is 0 Å². The summed E-state index contributed by atoms with van der Waals surface area (Å²) >= 11 is 0. The Morgan fingerprint density at radius 2 is 2.07 bits per heavy atom. The van der Waals surface area contributed by atoms with Crippen molar-refractivity contribution in [1.29, 1.82) is 0 Å². The highest BCUT2D eigenvalue weighted by Crippen LogP contribution is 2.34. The van der Waals surface area contributed by atoms with Gasteiger partial charge in [-0.3, -0.25) is 4.79 Å². The van der Waals surface area contributed by atoms with Crippen molar-refractivity contribution in [3.8, 4) is 0 Å². The number of carbonyl (C=O) groups excluding carboxylic acids is 1. The SMILES string of the molecule is CC(C)CC1C(=O)Cc2ccccc21. The first-order valence-electron chi connectivity index (χ1n) is 5.29. The Hall–Kier alpha value is -1.11. The van der Waals surface area contributed by atoms with Crippen LogP contribution in [0.2, 0.25) is 0 Å². The smallest absolute Gasteiger partial charge is 0.144 e. The summed E-state index contributed by atoms with van der Waals surface area (Å²) in [4.78, 5) is 11.8. The van der Waals surface area contributed by atoms with Crippen LogP contribution in [0, 0.1) is 5.92 Å². The van der Waals surface area contributed by atoms with Crippen LogP contribution in [0.5, 0.6) is 0 Å². The molecular weight excluding hydrogens is 172 g/mol. The summed E-state index contributed by atoms with van der Waals surface area (Å²) < 4.78 is 0. The summed E-state index contributed by atoms with van der Waals surface area (Å²) in [5, 5.41) is 0. The minimum atomic E-state index is 0.172. The molecule has 0 heterocycles. The van der Waals surface area contributed by atoms with E-state index in [1.807, 2.05) is 12.1 Å². The van der Waals surface area contributed by atoms with Crippen LogP contribution in [0.4, 0.5) is 0 Å². The number of carbonyl (C=O) groups is 1. The van der Waals surface area contributed by atoms with Crippen LogP contribution >= 0.6 is 0 Å². The number of rotatable bonds is 2. The number of hydrogen-bond donors (Lipinski definition) is 0. The molecule has 74 valence electrons. The molecule has 14 heavy (non-hydrogen) atoms. The van der Waals surface area contributed by atoms with E-state index in [-0.39, 0.29) is 5.92 Å². The van der Waals surface area contributed by atoms with Gasteiger partial charge in [0.15, 0.2) is 0 Å². The van der Waals surface area contributed by atoms with Gasteiger partial charge in [0.05, 0.1) is 0 Å². The maximum absolute atomic E-state index is 11.8. The van der Waals surface area contributed by atoms with Gasteiger partial charge in [-0.1, -0.05) is 38.1 Å². The van der Waals surface area contributed by atoms with E-state index in [4.69, 9.17) is 0 Å². The van der Waals surface area contributed by atoms with Crippen LogP contribution in [0.25, 0.3) is 0 Å². The average molecular weight is 188 g/mol. The Labute approximate surface area is 85.1 Å². The molecule has 0 fully saturated rings. The molecule has 1 atom stereocenters. The molecule has 0 N–H and O–H groups in total. The zero-order chi connectivity index (χ0) is 10.1. The molecule has 1 aliphatic rings. The van der Waals surface area contributed by atoms with Gasteiger partial charge in [-0.05, 0) is 23.5 Å². The monoisotopic (exact) mass is 188 g/mol. The van der Waals surface area contributed by atoms with Gasteiger partial charge in [0.25, 0.3) is 0 Å². The molecule has 0 aromatic heterocycles. The molecule has 1 aromatic rings. The molecule has 1 nitrogen and oxygen atoms in total. The predicted molar refractivity (Wildman–Crippen MR) is 57.3 cm³/mol. The average Bonchev–Trinajstić information content (AvgIpc) is 2.43. The van der Waals surface area contributed by atoms with E-state index < -0.39 is 0 Å². The van der Waals surface area contributed by atoms with E-state index >= 15 is 0 Å². The van der Waals surface area contributed by atoms with Crippen molar-refractivity contribution in [2.75, 3.05) is 0 Å². The van der Waals surface area contributed by atoms with Crippen molar-refractivity contribution in [2.24, 2.45) is 5.92 Å². The molecule has 2 rings (SSSR count). The first kappa shape index (κ1) is 9.45. The minimum Gasteiger partial charge on any atom is -0.299 e. The van der Waals surface area contributed by atoms with Crippen molar-refractivity contribution in [3.05, 3.63) is 35.4 Å². The van der Waals surface area contributed by atoms with Crippen molar-refractivity contribution in [2.45, 2.75) is 32.6 Å². The summed E-state index contributed by atoms with van der Waals surface area (Å²) in [5.41, 5.74) is 2.51. The zero-order valence-corrected chi connectivity index (χ0v) is 8.79. The van der Waals surface area contributed by atoms with Crippen molar-refractivity contribution >= 4 is 5.78 Å². The molecule has 1 aliphatic carbocycles. The van der Waals surface area contributed by atoms with Crippen LogP contribution in [0.1, 0.15) is 37.3 Å². The highest BCUT2D eigenvalue weighted by molar-refractivity contribution is 5.92. The second-order valence-corrected chi connectivity index (χ2v) is 4.52. The maximum atomic E-state index is 11.8. The largest absolute Gasteiger partial charge is 0.299 e. The number of benzene rings is 1. The first-order chi connectivity index (χ1) is 6.68. The van der Waals surface area contributed by atoms with Gasteiger partial charge in [0.1, 0.15) is 5.78 Å². The minimum absolute atomic E-state index is 0.172. The van der Waals surface area contributed by atoms with Crippen molar-refractivity contribution in [3.63, 3.8) is 0 Å². The lowest BCUT2D eigenvalue weighted by Crippen LogP contribution is -2.08. The summed E-state index contributed by atoms with van der Waals surface area (Å²) in [6.45, 7) is 4.35. The standard InChI is InChI=1S/C13H16O/c1-9(2)7-12-11-6-4-3-5-10(11)8-13(12)14/h3-6,9,12H,7-8H2,1-2H3. The second-order valence-electron chi connectivity index (χ2n) is 4.52. The van der Waals surface area contributed by atoms with Gasteiger partial charge in [0.2, 0.25) is 0 Å². The van der Waals surface area contributed by atoms with Gasteiger partial charge in [-0.2, -0.15) is 0 Å². The summed E-state index contributed by atoms with van der Waals surface area (Å²) in [5.74, 6) is 1.17. The van der Waals surface area contributed by atoms with E-state index in [2.05, 4.69) is 26.0 Å². The van der Waals surface area contributed by atoms with Crippen LogP contribution in [0.15, 0.2) is 24.3 Å². The van der Waals surface area contributed by atoms with Crippen molar-refractivity contribution < 1.29 is 4.79 Å². The zero-order valence-electron chi connectivity index (χ0n) is 8.79. The van der Waals surface area contributed by atoms with E-state index in [0.29, 0.717) is 18.1 Å². The molecule has 0 radical (unpaired) electrons. The highest BCUT2D eigenvalue weighted by atomic mass is 16.1. The van der Waals surface area contributed by atoms with E-state index in [1.165, 1.54) is 11.1 Å². The lowest BCUT2D eigenvalue weighted by molar-refractivity contribution is -0.119. The predicted octanol–water partition coefficient (Wildman–Crippen LogP) is 2.94. The Kier molecular flexibility index (Phi) is 2.40. The normalized spacial score (nSPS) is 20.2. The molecule has 0 amide bonds. The number of Topliss-reactive ketones (excluding diaryl/α,β-unsaturated/α-hetero) is 1. The van der Waals surface area contributed by atoms with Crippen LogP contribution in [-0.4, -0.2) is 5.78 Å². The fourth-order valence-corrected chi connectivity index (χ4v) is 2.25.